The van der Waals surface area contributed by atoms with E-state index in [0.717, 1.165) is 18.0 Å². The molecule has 0 saturated heterocycles. The van der Waals surface area contributed by atoms with E-state index in [4.69, 9.17) is 0 Å². The lowest BCUT2D eigenvalue weighted by molar-refractivity contribution is 1.06. The van der Waals surface area contributed by atoms with Crippen LogP contribution in [-0.4, -0.2) is 4.98 Å². The highest BCUT2D eigenvalue weighted by Gasteiger charge is 2.04. The van der Waals surface area contributed by atoms with E-state index in [1.54, 1.807) is 11.3 Å². The van der Waals surface area contributed by atoms with Crippen molar-refractivity contribution in [1.82, 2.24) is 4.98 Å². The Morgan fingerprint density at radius 1 is 1.38 bits per heavy atom. The highest BCUT2D eigenvalue weighted by molar-refractivity contribution is 7.09. The van der Waals surface area contributed by atoms with Crippen molar-refractivity contribution in [1.29, 1.82) is 0 Å². The van der Waals surface area contributed by atoms with Gasteiger partial charge in [0.05, 0.1) is 6.54 Å². The molecule has 0 aliphatic heterocycles. The molecule has 1 aromatic carbocycles. The number of benzene rings is 1. The summed E-state index contributed by atoms with van der Waals surface area (Å²) in [7, 11) is 0. The average molecular weight is 232 g/mol. The summed E-state index contributed by atoms with van der Waals surface area (Å²) in [5, 5.41) is 6.62. The van der Waals surface area contributed by atoms with Crippen molar-refractivity contribution in [2.45, 2.75) is 26.8 Å². The topological polar surface area (TPSA) is 24.9 Å². The number of rotatable bonds is 4. The van der Waals surface area contributed by atoms with E-state index in [0.29, 0.717) is 0 Å². The predicted octanol–water partition coefficient (Wildman–Crippen LogP) is 3.63. The maximum absolute atomic E-state index is 4.27. The van der Waals surface area contributed by atoms with Crippen molar-refractivity contribution in [2.75, 3.05) is 5.32 Å². The van der Waals surface area contributed by atoms with Gasteiger partial charge in [-0.1, -0.05) is 25.1 Å². The number of hydrogen-bond donors (Lipinski definition) is 1. The summed E-state index contributed by atoms with van der Waals surface area (Å²) in [5.41, 5.74) is 3.94. The Morgan fingerprint density at radius 2 is 2.25 bits per heavy atom. The zero-order valence-corrected chi connectivity index (χ0v) is 10.5. The molecular formula is C13H16N2S. The molecule has 16 heavy (non-hydrogen) atoms. The number of hydrogen-bond acceptors (Lipinski definition) is 3. The number of thiazole rings is 1. The Bertz CT molecular complexity index is 449. The lowest BCUT2D eigenvalue weighted by Crippen LogP contribution is -2.03. The maximum atomic E-state index is 4.27. The number of aryl methyl sites for hydroxylation is 2. The Morgan fingerprint density at radius 3 is 2.94 bits per heavy atom. The van der Waals surface area contributed by atoms with Gasteiger partial charge in [0.15, 0.2) is 0 Å². The van der Waals surface area contributed by atoms with Crippen LogP contribution in [0, 0.1) is 6.92 Å². The van der Waals surface area contributed by atoms with Crippen LogP contribution in [0.5, 0.6) is 0 Å². The van der Waals surface area contributed by atoms with Gasteiger partial charge < -0.3 is 5.32 Å². The van der Waals surface area contributed by atoms with Crippen LogP contribution >= 0.6 is 11.3 Å². The molecule has 0 aliphatic rings. The number of para-hydroxylation sites is 1. The molecule has 0 radical (unpaired) electrons. The number of anilines is 1. The largest absolute Gasteiger partial charge is 0.378 e. The first-order valence-corrected chi connectivity index (χ1v) is 6.40. The van der Waals surface area contributed by atoms with E-state index < -0.39 is 0 Å². The van der Waals surface area contributed by atoms with Gasteiger partial charge in [-0.2, -0.15) is 0 Å². The van der Waals surface area contributed by atoms with Gasteiger partial charge in [0, 0.05) is 17.3 Å². The molecule has 0 atom stereocenters. The quantitative estimate of drug-likeness (QED) is 0.870. The van der Waals surface area contributed by atoms with E-state index in [2.05, 4.69) is 42.3 Å². The zero-order valence-electron chi connectivity index (χ0n) is 9.66. The van der Waals surface area contributed by atoms with Gasteiger partial charge in [-0.3, -0.25) is 0 Å². The lowest BCUT2D eigenvalue weighted by Gasteiger charge is -2.12. The van der Waals surface area contributed by atoms with Crippen molar-refractivity contribution < 1.29 is 0 Å². The highest BCUT2D eigenvalue weighted by atomic mass is 32.1. The number of aromatic nitrogens is 1. The van der Waals surface area contributed by atoms with Gasteiger partial charge in [-0.25, -0.2) is 4.98 Å². The first kappa shape index (κ1) is 11.1. The van der Waals surface area contributed by atoms with E-state index in [1.807, 2.05) is 11.6 Å². The summed E-state index contributed by atoms with van der Waals surface area (Å²) in [4.78, 5) is 4.27. The fourth-order valence-electron chi connectivity index (χ4n) is 1.78. The van der Waals surface area contributed by atoms with Crippen LogP contribution in [0.3, 0.4) is 0 Å². The second-order valence-corrected chi connectivity index (χ2v) is 4.72. The summed E-state index contributed by atoms with van der Waals surface area (Å²) in [6, 6.07) is 6.43. The van der Waals surface area contributed by atoms with Crippen LogP contribution in [0.1, 0.15) is 23.1 Å². The van der Waals surface area contributed by atoms with Crippen molar-refractivity contribution in [3.05, 3.63) is 45.9 Å². The van der Waals surface area contributed by atoms with Gasteiger partial charge in [0.25, 0.3) is 0 Å². The minimum atomic E-state index is 0.815. The van der Waals surface area contributed by atoms with Gasteiger partial charge in [0.2, 0.25) is 0 Å². The molecule has 0 fully saturated rings. The molecule has 2 nitrogen and oxygen atoms in total. The summed E-state index contributed by atoms with van der Waals surface area (Å²) in [6.07, 6.45) is 2.90. The fraction of sp³-hybridized carbons (Fsp3) is 0.308. The molecule has 2 rings (SSSR count). The average Bonchev–Trinajstić information content (AvgIpc) is 2.80. The Balaban J connectivity index is 2.14. The first-order valence-electron chi connectivity index (χ1n) is 5.52. The predicted molar refractivity (Wildman–Crippen MR) is 70.0 cm³/mol. The van der Waals surface area contributed by atoms with E-state index in [9.17, 15) is 0 Å². The summed E-state index contributed by atoms with van der Waals surface area (Å²) >= 11 is 1.69. The van der Waals surface area contributed by atoms with Crippen LogP contribution in [0.4, 0.5) is 5.69 Å². The highest BCUT2D eigenvalue weighted by Crippen LogP contribution is 2.22. The molecule has 0 amide bonds. The van der Waals surface area contributed by atoms with Crippen LogP contribution in [0.2, 0.25) is 0 Å². The third-order valence-corrected chi connectivity index (χ3v) is 3.42. The van der Waals surface area contributed by atoms with Crippen LogP contribution < -0.4 is 5.32 Å². The fourth-order valence-corrected chi connectivity index (χ4v) is 2.34. The molecule has 1 heterocycles. The first-order chi connectivity index (χ1) is 7.81. The van der Waals surface area contributed by atoms with Crippen LogP contribution in [-0.2, 0) is 13.0 Å². The van der Waals surface area contributed by atoms with Gasteiger partial charge in [-0.05, 0) is 24.5 Å². The van der Waals surface area contributed by atoms with Crippen molar-refractivity contribution in [3.8, 4) is 0 Å². The molecule has 0 saturated carbocycles. The van der Waals surface area contributed by atoms with E-state index in [1.165, 1.54) is 16.8 Å². The number of nitrogens with zero attached hydrogens (tertiary/aromatic N) is 1. The number of nitrogens with one attached hydrogen (secondary N) is 1. The van der Waals surface area contributed by atoms with Gasteiger partial charge >= 0.3 is 0 Å². The minimum absolute atomic E-state index is 0.815. The molecule has 0 aliphatic carbocycles. The zero-order chi connectivity index (χ0) is 11.4. The second-order valence-electron chi connectivity index (χ2n) is 3.74. The third-order valence-electron chi connectivity index (χ3n) is 2.64. The molecule has 1 N–H and O–H groups in total. The Hall–Kier alpha value is -1.35. The third kappa shape index (κ3) is 2.42. The molecule has 2 aromatic rings. The SMILES string of the molecule is CCc1cccc(C)c1NCc1nccs1. The summed E-state index contributed by atoms with van der Waals surface area (Å²) < 4.78 is 0. The molecule has 0 spiro atoms. The van der Waals surface area contributed by atoms with Crippen molar-refractivity contribution in [2.24, 2.45) is 0 Å². The molecule has 1 aromatic heterocycles. The summed E-state index contributed by atoms with van der Waals surface area (Å²) in [5.74, 6) is 0. The van der Waals surface area contributed by atoms with Crippen LogP contribution in [0.25, 0.3) is 0 Å². The van der Waals surface area contributed by atoms with Crippen molar-refractivity contribution in [3.63, 3.8) is 0 Å². The molecule has 0 bridgehead atoms. The van der Waals surface area contributed by atoms with E-state index in [-0.39, 0.29) is 0 Å². The molecular weight excluding hydrogens is 216 g/mol. The van der Waals surface area contributed by atoms with Gasteiger partial charge in [-0.15, -0.1) is 11.3 Å². The maximum Gasteiger partial charge on any atom is 0.112 e. The summed E-state index contributed by atoms with van der Waals surface area (Å²) in [6.45, 7) is 5.14. The smallest absolute Gasteiger partial charge is 0.112 e. The lowest BCUT2D eigenvalue weighted by atomic mass is 10.1. The Kier molecular flexibility index (Phi) is 3.57. The van der Waals surface area contributed by atoms with Gasteiger partial charge in [0.1, 0.15) is 5.01 Å². The monoisotopic (exact) mass is 232 g/mol. The molecule has 84 valence electrons. The van der Waals surface area contributed by atoms with E-state index >= 15 is 0 Å². The second kappa shape index (κ2) is 5.12. The van der Waals surface area contributed by atoms with Crippen LogP contribution in [0.15, 0.2) is 29.8 Å². The normalized spacial score (nSPS) is 10.4. The van der Waals surface area contributed by atoms with Crippen molar-refractivity contribution >= 4 is 17.0 Å². The molecule has 3 heteroatoms. The molecule has 0 unspecified atom stereocenters. The minimum Gasteiger partial charge on any atom is -0.378 e. The Labute approximate surface area is 100 Å². The standard InChI is InChI=1S/C13H16N2S/c1-3-11-6-4-5-10(2)13(11)15-9-12-14-7-8-16-12/h4-8,15H,3,9H2,1-2H3.